The molecule has 0 saturated carbocycles. The summed E-state index contributed by atoms with van der Waals surface area (Å²) < 4.78 is 33.0. The molecular formula is C19H26ClN3O4S. The van der Waals surface area contributed by atoms with Gasteiger partial charge in [0.25, 0.3) is 15.9 Å². The maximum atomic E-state index is 12.7. The van der Waals surface area contributed by atoms with Crippen molar-refractivity contribution in [3.8, 4) is 5.75 Å². The summed E-state index contributed by atoms with van der Waals surface area (Å²) in [5, 5.41) is 0. The number of rotatable bonds is 7. The van der Waals surface area contributed by atoms with Gasteiger partial charge in [0.2, 0.25) is 0 Å². The van der Waals surface area contributed by atoms with E-state index in [1.807, 2.05) is 6.92 Å². The Kier molecular flexibility index (Phi) is 8.29. The van der Waals surface area contributed by atoms with E-state index in [0.717, 1.165) is 0 Å². The molecule has 154 valence electrons. The van der Waals surface area contributed by atoms with E-state index in [4.69, 9.17) is 10.5 Å². The number of amides is 1. The first-order valence-corrected chi connectivity index (χ1v) is 9.92. The third kappa shape index (κ3) is 5.37. The van der Waals surface area contributed by atoms with Crippen LogP contribution in [0.15, 0.2) is 47.4 Å². The van der Waals surface area contributed by atoms with Crippen molar-refractivity contribution in [3.05, 3.63) is 53.6 Å². The number of methoxy groups -OCH3 is 1. The summed E-state index contributed by atoms with van der Waals surface area (Å²) in [5.74, 6) is 0.352. The predicted octanol–water partition coefficient (Wildman–Crippen LogP) is 2.65. The number of nitrogens with two attached hydrogens (primary N) is 1. The fraction of sp³-hybridized carbons (Fsp3) is 0.316. The van der Waals surface area contributed by atoms with Crippen LogP contribution in [0.4, 0.5) is 5.69 Å². The molecule has 0 aliphatic heterocycles. The standard InChI is InChI=1S/C19H25N3O4S.ClH/c1-13-5-10-17(11-18(13)19(23)22(3)14(2)12-20)27(24,25)21-15-6-8-16(26-4)9-7-15;/h5-11,14,21H,12,20H2,1-4H3;1H. The van der Waals surface area contributed by atoms with E-state index in [1.54, 1.807) is 44.3 Å². The summed E-state index contributed by atoms with van der Waals surface area (Å²) in [6, 6.07) is 10.9. The van der Waals surface area contributed by atoms with Gasteiger partial charge in [0.1, 0.15) is 5.75 Å². The van der Waals surface area contributed by atoms with Crippen LogP contribution in [0.1, 0.15) is 22.8 Å². The average molecular weight is 428 g/mol. The minimum atomic E-state index is -3.84. The summed E-state index contributed by atoms with van der Waals surface area (Å²) in [6.07, 6.45) is 0. The third-order valence-electron chi connectivity index (χ3n) is 4.41. The van der Waals surface area contributed by atoms with E-state index in [0.29, 0.717) is 29.1 Å². The number of hydrogen-bond donors (Lipinski definition) is 2. The van der Waals surface area contributed by atoms with Crippen molar-refractivity contribution < 1.29 is 17.9 Å². The third-order valence-corrected chi connectivity index (χ3v) is 5.79. The van der Waals surface area contributed by atoms with E-state index >= 15 is 0 Å². The molecule has 1 atom stereocenters. The number of hydrogen-bond acceptors (Lipinski definition) is 5. The molecule has 0 aliphatic carbocycles. The zero-order valence-corrected chi connectivity index (χ0v) is 17.9. The normalized spacial score (nSPS) is 11.9. The number of nitrogens with one attached hydrogen (secondary N) is 1. The summed E-state index contributed by atoms with van der Waals surface area (Å²) in [7, 11) is -0.660. The topological polar surface area (TPSA) is 102 Å². The molecule has 1 amide bonds. The monoisotopic (exact) mass is 427 g/mol. The predicted molar refractivity (Wildman–Crippen MR) is 113 cm³/mol. The lowest BCUT2D eigenvalue weighted by molar-refractivity contribution is 0.0747. The molecule has 2 aromatic carbocycles. The number of halogens is 1. The Labute approximate surface area is 172 Å². The van der Waals surface area contributed by atoms with E-state index in [1.165, 1.54) is 24.1 Å². The van der Waals surface area contributed by atoms with Crippen LogP contribution in [0, 0.1) is 6.92 Å². The van der Waals surface area contributed by atoms with Gasteiger partial charge >= 0.3 is 0 Å². The highest BCUT2D eigenvalue weighted by Crippen LogP contribution is 2.22. The maximum Gasteiger partial charge on any atom is 0.261 e. The highest BCUT2D eigenvalue weighted by Gasteiger charge is 2.22. The molecule has 0 fully saturated rings. The maximum absolute atomic E-state index is 12.7. The Hall–Kier alpha value is -2.29. The molecule has 2 rings (SSSR count). The van der Waals surface area contributed by atoms with Gasteiger partial charge in [0.05, 0.1) is 12.0 Å². The van der Waals surface area contributed by atoms with E-state index < -0.39 is 10.0 Å². The Morgan fingerprint density at radius 3 is 2.36 bits per heavy atom. The summed E-state index contributed by atoms with van der Waals surface area (Å²) in [4.78, 5) is 14.2. The van der Waals surface area contributed by atoms with Gasteiger partial charge in [0.15, 0.2) is 0 Å². The molecule has 0 spiro atoms. The summed E-state index contributed by atoms with van der Waals surface area (Å²) in [5.41, 5.74) is 7.05. The largest absolute Gasteiger partial charge is 0.497 e. The van der Waals surface area contributed by atoms with Crippen LogP contribution in [0.3, 0.4) is 0 Å². The zero-order chi connectivity index (χ0) is 20.2. The van der Waals surface area contributed by atoms with Gasteiger partial charge in [-0.05, 0) is 55.8 Å². The number of carbonyl (C=O) groups excluding carboxylic acids is 1. The van der Waals surface area contributed by atoms with Gasteiger partial charge in [-0.15, -0.1) is 12.4 Å². The van der Waals surface area contributed by atoms with Gasteiger partial charge in [-0.2, -0.15) is 0 Å². The number of sulfonamides is 1. The summed E-state index contributed by atoms with van der Waals surface area (Å²) >= 11 is 0. The lowest BCUT2D eigenvalue weighted by atomic mass is 10.1. The Morgan fingerprint density at radius 2 is 1.82 bits per heavy atom. The second-order valence-corrected chi connectivity index (χ2v) is 7.99. The number of carbonyl (C=O) groups is 1. The number of aryl methyl sites for hydroxylation is 1. The highest BCUT2D eigenvalue weighted by atomic mass is 35.5. The number of ether oxygens (including phenoxy) is 1. The Morgan fingerprint density at radius 1 is 1.21 bits per heavy atom. The van der Waals surface area contributed by atoms with Crippen molar-refractivity contribution in [2.75, 3.05) is 25.4 Å². The van der Waals surface area contributed by atoms with E-state index in [2.05, 4.69) is 4.72 Å². The second kappa shape index (κ2) is 9.77. The van der Waals surface area contributed by atoms with Crippen molar-refractivity contribution in [3.63, 3.8) is 0 Å². The van der Waals surface area contributed by atoms with Gasteiger partial charge in [-0.1, -0.05) is 6.07 Å². The van der Waals surface area contributed by atoms with Crippen LogP contribution in [0.5, 0.6) is 5.75 Å². The molecule has 0 aliphatic rings. The molecule has 0 bridgehead atoms. The number of likely N-dealkylation sites (N-methyl/N-ethyl adjacent to an activating group) is 1. The van der Waals surface area contributed by atoms with Crippen molar-refractivity contribution in [1.29, 1.82) is 0 Å². The minimum absolute atomic E-state index is 0. The van der Waals surface area contributed by atoms with Crippen LogP contribution in [0.2, 0.25) is 0 Å². The van der Waals surface area contributed by atoms with Crippen LogP contribution < -0.4 is 15.2 Å². The first-order chi connectivity index (χ1) is 12.7. The Bertz CT molecular complexity index is 917. The lowest BCUT2D eigenvalue weighted by Crippen LogP contribution is -2.40. The van der Waals surface area contributed by atoms with E-state index in [9.17, 15) is 13.2 Å². The quantitative estimate of drug-likeness (QED) is 0.707. The Balaban J connectivity index is 0.00000392. The summed E-state index contributed by atoms with van der Waals surface area (Å²) in [6.45, 7) is 3.92. The van der Waals surface area contributed by atoms with Crippen LogP contribution in [-0.2, 0) is 10.0 Å². The first kappa shape index (κ1) is 23.7. The van der Waals surface area contributed by atoms with Gasteiger partial charge < -0.3 is 15.4 Å². The molecule has 7 nitrogen and oxygen atoms in total. The molecule has 0 heterocycles. The molecule has 3 N–H and O–H groups in total. The van der Waals surface area contributed by atoms with Crippen LogP contribution in [0.25, 0.3) is 0 Å². The molecule has 0 radical (unpaired) electrons. The molecular weight excluding hydrogens is 402 g/mol. The first-order valence-electron chi connectivity index (χ1n) is 8.44. The van der Waals surface area contributed by atoms with Crippen LogP contribution in [-0.4, -0.2) is 46.0 Å². The zero-order valence-electron chi connectivity index (χ0n) is 16.3. The van der Waals surface area contributed by atoms with Gasteiger partial charge in [-0.3, -0.25) is 9.52 Å². The SMILES string of the molecule is COc1ccc(NS(=O)(=O)c2ccc(C)c(C(=O)N(C)C(C)CN)c2)cc1.Cl. The fourth-order valence-electron chi connectivity index (χ4n) is 2.42. The van der Waals surface area contributed by atoms with Crippen LogP contribution >= 0.6 is 12.4 Å². The van der Waals surface area contributed by atoms with Gasteiger partial charge in [-0.25, -0.2) is 8.42 Å². The van der Waals surface area contributed by atoms with E-state index in [-0.39, 0.29) is 29.3 Å². The lowest BCUT2D eigenvalue weighted by Gasteiger charge is -2.24. The molecule has 9 heteroatoms. The molecule has 28 heavy (non-hydrogen) atoms. The minimum Gasteiger partial charge on any atom is -0.497 e. The molecule has 0 saturated heterocycles. The molecule has 1 unspecified atom stereocenters. The highest BCUT2D eigenvalue weighted by molar-refractivity contribution is 7.92. The molecule has 0 aromatic heterocycles. The molecule has 2 aromatic rings. The number of nitrogens with zero attached hydrogens (tertiary/aromatic N) is 1. The number of benzene rings is 2. The smallest absolute Gasteiger partial charge is 0.261 e. The van der Waals surface area contributed by atoms with Crippen molar-refractivity contribution in [2.45, 2.75) is 24.8 Å². The average Bonchev–Trinajstić information content (AvgIpc) is 2.66. The fourth-order valence-corrected chi connectivity index (χ4v) is 3.50. The van der Waals surface area contributed by atoms with Crippen molar-refractivity contribution in [2.24, 2.45) is 5.73 Å². The number of anilines is 1. The second-order valence-electron chi connectivity index (χ2n) is 6.31. The van der Waals surface area contributed by atoms with Crippen molar-refractivity contribution >= 4 is 34.0 Å². The van der Waals surface area contributed by atoms with Crippen molar-refractivity contribution in [1.82, 2.24) is 4.90 Å². The van der Waals surface area contributed by atoms with Gasteiger partial charge in [0, 0.05) is 30.9 Å².